The van der Waals surface area contributed by atoms with E-state index < -0.39 is 17.5 Å². The van der Waals surface area contributed by atoms with E-state index in [4.69, 9.17) is 9.47 Å². The van der Waals surface area contributed by atoms with E-state index in [1.165, 1.54) is 0 Å². The van der Waals surface area contributed by atoms with E-state index in [1.807, 2.05) is 37.3 Å². The highest BCUT2D eigenvalue weighted by Gasteiger charge is 2.50. The normalized spacial score (nSPS) is 20.3. The number of benzene rings is 2. The monoisotopic (exact) mass is 423 g/mol. The van der Waals surface area contributed by atoms with Crippen LogP contribution in [0.25, 0.3) is 0 Å². The first-order chi connectivity index (χ1) is 14.9. The van der Waals surface area contributed by atoms with Crippen LogP contribution in [0.3, 0.4) is 0 Å². The van der Waals surface area contributed by atoms with Crippen molar-refractivity contribution < 1.29 is 23.9 Å². The number of hydrogen-bond donors (Lipinski definition) is 1. The number of nitrogens with zero attached hydrogens (tertiary/aromatic N) is 2. The summed E-state index contributed by atoms with van der Waals surface area (Å²) in [6, 6.07) is 13.7. The van der Waals surface area contributed by atoms with Crippen molar-refractivity contribution in [3.63, 3.8) is 0 Å². The number of carbonyl (C=O) groups is 3. The average Bonchev–Trinajstić information content (AvgIpc) is 2.94. The van der Waals surface area contributed by atoms with Gasteiger partial charge < -0.3 is 19.7 Å². The van der Waals surface area contributed by atoms with Crippen LogP contribution < -0.4 is 19.7 Å². The van der Waals surface area contributed by atoms with Crippen LogP contribution in [0.1, 0.15) is 25.8 Å². The predicted molar refractivity (Wildman–Crippen MR) is 114 cm³/mol. The molecule has 0 aliphatic carbocycles. The van der Waals surface area contributed by atoms with Gasteiger partial charge in [-0.2, -0.15) is 0 Å². The van der Waals surface area contributed by atoms with Crippen LogP contribution in [-0.4, -0.2) is 49.0 Å². The van der Waals surface area contributed by atoms with Crippen molar-refractivity contribution in [2.45, 2.75) is 25.8 Å². The minimum Gasteiger partial charge on any atom is -0.490 e. The molecule has 1 unspecified atom stereocenters. The number of nitrogens with one attached hydrogen (secondary N) is 1. The molecule has 8 nitrogen and oxygen atoms in total. The van der Waals surface area contributed by atoms with E-state index in [1.54, 1.807) is 30.0 Å². The second kappa shape index (κ2) is 8.29. The Bertz CT molecular complexity index is 1010. The molecule has 0 aromatic heterocycles. The summed E-state index contributed by atoms with van der Waals surface area (Å²) in [7, 11) is 0. The molecule has 1 atom stereocenters. The van der Waals surface area contributed by atoms with Gasteiger partial charge in [0.25, 0.3) is 5.91 Å². The number of urea groups is 1. The zero-order valence-corrected chi connectivity index (χ0v) is 17.6. The van der Waals surface area contributed by atoms with Crippen molar-refractivity contribution in [2.75, 3.05) is 31.2 Å². The number of likely N-dealkylation sites (N-methyl/N-ethyl adjacent to an activating group) is 1. The molecular weight excluding hydrogens is 398 g/mol. The number of rotatable bonds is 5. The van der Waals surface area contributed by atoms with Crippen LogP contribution in [0, 0.1) is 0 Å². The molecule has 0 radical (unpaired) electrons. The third-order valence-corrected chi connectivity index (χ3v) is 5.58. The summed E-state index contributed by atoms with van der Waals surface area (Å²) < 4.78 is 11.4. The van der Waals surface area contributed by atoms with Gasteiger partial charge in [-0.05, 0) is 43.7 Å². The molecule has 2 aliphatic heterocycles. The molecule has 2 aromatic rings. The van der Waals surface area contributed by atoms with Crippen LogP contribution in [0.2, 0.25) is 0 Å². The van der Waals surface area contributed by atoms with Crippen LogP contribution in [0.15, 0.2) is 48.5 Å². The highest BCUT2D eigenvalue weighted by Crippen LogP contribution is 2.36. The number of ether oxygens (including phenoxy) is 2. The molecule has 162 valence electrons. The van der Waals surface area contributed by atoms with Gasteiger partial charge in [0, 0.05) is 18.7 Å². The van der Waals surface area contributed by atoms with E-state index in [-0.39, 0.29) is 12.5 Å². The van der Waals surface area contributed by atoms with Gasteiger partial charge in [0.2, 0.25) is 5.91 Å². The molecule has 4 rings (SSSR count). The molecule has 2 aliphatic rings. The van der Waals surface area contributed by atoms with Crippen LogP contribution in [0.4, 0.5) is 10.5 Å². The molecule has 4 amide bonds. The van der Waals surface area contributed by atoms with Crippen molar-refractivity contribution in [3.8, 4) is 11.5 Å². The van der Waals surface area contributed by atoms with Crippen molar-refractivity contribution in [2.24, 2.45) is 0 Å². The Morgan fingerprint density at radius 3 is 2.52 bits per heavy atom. The van der Waals surface area contributed by atoms with E-state index >= 15 is 0 Å². The zero-order chi connectivity index (χ0) is 22.0. The number of para-hydroxylation sites is 1. The maximum atomic E-state index is 13.3. The second-order valence-electron chi connectivity index (χ2n) is 7.63. The quantitative estimate of drug-likeness (QED) is 0.747. The molecule has 1 fully saturated rings. The smallest absolute Gasteiger partial charge is 0.325 e. The number of hydrogen-bond acceptors (Lipinski definition) is 5. The van der Waals surface area contributed by atoms with Crippen LogP contribution in [-0.2, 0) is 15.1 Å². The molecule has 1 saturated heterocycles. The van der Waals surface area contributed by atoms with E-state index in [9.17, 15) is 14.4 Å². The number of carbonyl (C=O) groups excluding carboxylic acids is 3. The highest BCUT2D eigenvalue weighted by atomic mass is 16.5. The van der Waals surface area contributed by atoms with E-state index in [2.05, 4.69) is 5.32 Å². The first kappa shape index (κ1) is 20.7. The largest absolute Gasteiger partial charge is 0.490 e. The molecule has 31 heavy (non-hydrogen) atoms. The molecule has 2 aromatic carbocycles. The maximum Gasteiger partial charge on any atom is 0.325 e. The third-order valence-electron chi connectivity index (χ3n) is 5.58. The maximum absolute atomic E-state index is 13.3. The highest BCUT2D eigenvalue weighted by molar-refractivity contribution is 6.10. The van der Waals surface area contributed by atoms with Gasteiger partial charge in [-0.1, -0.05) is 24.3 Å². The molecular formula is C23H25N3O5. The van der Waals surface area contributed by atoms with Gasteiger partial charge >= 0.3 is 6.03 Å². The summed E-state index contributed by atoms with van der Waals surface area (Å²) in [5.74, 6) is 0.328. The lowest BCUT2D eigenvalue weighted by Gasteiger charge is -2.25. The fourth-order valence-electron chi connectivity index (χ4n) is 3.84. The minimum absolute atomic E-state index is 0.333. The minimum atomic E-state index is -1.30. The first-order valence-corrected chi connectivity index (χ1v) is 10.3. The molecule has 8 heteroatoms. The predicted octanol–water partition coefficient (Wildman–Crippen LogP) is 2.67. The van der Waals surface area contributed by atoms with Crippen LogP contribution in [0.5, 0.6) is 11.5 Å². The molecule has 0 spiro atoms. The SMILES string of the molecule is CCN(C(=O)CN1C(=O)NC(C)(c2ccc3c(c2)OCCCO3)C1=O)c1ccccc1. The fourth-order valence-corrected chi connectivity index (χ4v) is 3.84. The summed E-state index contributed by atoms with van der Waals surface area (Å²) in [5.41, 5.74) is -0.0144. The lowest BCUT2D eigenvalue weighted by atomic mass is 9.91. The molecule has 0 saturated carbocycles. The fraction of sp³-hybridized carbons (Fsp3) is 0.348. The third kappa shape index (κ3) is 3.81. The van der Waals surface area contributed by atoms with Gasteiger partial charge in [-0.3, -0.25) is 14.5 Å². The molecule has 1 N–H and O–H groups in total. The molecule has 2 heterocycles. The van der Waals surface area contributed by atoms with Crippen molar-refractivity contribution in [1.29, 1.82) is 0 Å². The number of amides is 4. The average molecular weight is 423 g/mol. The van der Waals surface area contributed by atoms with E-state index in [0.717, 1.165) is 11.3 Å². The Morgan fingerprint density at radius 1 is 1.10 bits per heavy atom. The summed E-state index contributed by atoms with van der Waals surface area (Å²) in [5, 5.41) is 2.74. The zero-order valence-electron chi connectivity index (χ0n) is 17.6. The summed E-state index contributed by atoms with van der Waals surface area (Å²) in [6.07, 6.45) is 0.766. The van der Waals surface area contributed by atoms with Gasteiger partial charge in [-0.15, -0.1) is 0 Å². The van der Waals surface area contributed by atoms with Gasteiger partial charge in [0.05, 0.1) is 13.2 Å². The Labute approximate surface area is 180 Å². The first-order valence-electron chi connectivity index (χ1n) is 10.3. The number of imide groups is 1. The molecule has 0 bridgehead atoms. The second-order valence-corrected chi connectivity index (χ2v) is 7.63. The van der Waals surface area contributed by atoms with E-state index in [0.29, 0.717) is 42.5 Å². The topological polar surface area (TPSA) is 88.2 Å². The summed E-state index contributed by atoms with van der Waals surface area (Å²) in [4.78, 5) is 41.4. The van der Waals surface area contributed by atoms with Crippen molar-refractivity contribution in [1.82, 2.24) is 10.2 Å². The standard InChI is InChI=1S/C23H25N3O5/c1-3-25(17-8-5-4-6-9-17)20(27)15-26-21(28)23(2,24-22(26)29)16-10-11-18-19(14-16)31-13-7-12-30-18/h4-6,8-11,14H,3,7,12-13,15H2,1-2H3,(H,24,29). The van der Waals surface area contributed by atoms with Crippen molar-refractivity contribution >= 4 is 23.5 Å². The Hall–Kier alpha value is -3.55. The van der Waals surface area contributed by atoms with Gasteiger partial charge in [0.1, 0.15) is 12.1 Å². The van der Waals surface area contributed by atoms with Gasteiger partial charge in [-0.25, -0.2) is 4.79 Å². The summed E-state index contributed by atoms with van der Waals surface area (Å²) >= 11 is 0. The van der Waals surface area contributed by atoms with Crippen molar-refractivity contribution in [3.05, 3.63) is 54.1 Å². The number of fused-ring (bicyclic) bond motifs is 1. The summed E-state index contributed by atoms with van der Waals surface area (Å²) in [6.45, 7) is 4.63. The lowest BCUT2D eigenvalue weighted by molar-refractivity contribution is -0.134. The van der Waals surface area contributed by atoms with Crippen LogP contribution >= 0.6 is 0 Å². The number of anilines is 1. The Kier molecular flexibility index (Phi) is 5.54. The Morgan fingerprint density at radius 2 is 1.81 bits per heavy atom. The van der Waals surface area contributed by atoms with Gasteiger partial charge in [0.15, 0.2) is 11.5 Å². The Balaban J connectivity index is 1.56. The lowest BCUT2D eigenvalue weighted by Crippen LogP contribution is -2.44.